The Bertz CT molecular complexity index is 651. The van der Waals surface area contributed by atoms with E-state index in [-0.39, 0.29) is 0 Å². The molecule has 0 saturated carbocycles. The average Bonchev–Trinajstić information content (AvgIpc) is 2.94. The van der Waals surface area contributed by atoms with Crippen molar-refractivity contribution in [3.63, 3.8) is 0 Å². The van der Waals surface area contributed by atoms with E-state index in [0.717, 1.165) is 22.1 Å². The molecule has 0 spiro atoms. The molecule has 3 heteroatoms. The number of benzene rings is 1. The number of aliphatic hydroxyl groups excluding tert-OH is 1. The summed E-state index contributed by atoms with van der Waals surface area (Å²) in [5.41, 5.74) is 3.21. The van der Waals surface area contributed by atoms with Gasteiger partial charge in [0.2, 0.25) is 0 Å². The van der Waals surface area contributed by atoms with Crippen LogP contribution in [0.25, 0.3) is 10.1 Å². The second kappa shape index (κ2) is 4.26. The van der Waals surface area contributed by atoms with Gasteiger partial charge in [-0.2, -0.15) is 11.3 Å². The Morgan fingerprint density at radius 1 is 1.06 bits per heavy atom. The summed E-state index contributed by atoms with van der Waals surface area (Å²) in [6, 6.07) is 8.22. The van der Waals surface area contributed by atoms with E-state index in [2.05, 4.69) is 22.9 Å². The molecule has 1 unspecified atom stereocenters. The Morgan fingerprint density at radius 3 is 2.65 bits per heavy atom. The van der Waals surface area contributed by atoms with Gasteiger partial charge < -0.3 is 5.11 Å². The van der Waals surface area contributed by atoms with Gasteiger partial charge >= 0.3 is 0 Å². The van der Waals surface area contributed by atoms with Crippen molar-refractivity contribution in [2.45, 2.75) is 13.0 Å². The maximum atomic E-state index is 10.5. The molecule has 2 heterocycles. The molecule has 86 valence electrons. The first-order valence-electron chi connectivity index (χ1n) is 5.44. The summed E-state index contributed by atoms with van der Waals surface area (Å²) in [6.45, 7) is 2.05. The van der Waals surface area contributed by atoms with Gasteiger partial charge in [0.1, 0.15) is 6.10 Å². The first kappa shape index (κ1) is 11.0. The molecule has 1 nitrogen and oxygen atoms in total. The van der Waals surface area contributed by atoms with Crippen molar-refractivity contribution >= 4 is 32.8 Å². The highest BCUT2D eigenvalue weighted by molar-refractivity contribution is 7.17. The van der Waals surface area contributed by atoms with E-state index in [0.29, 0.717) is 0 Å². The van der Waals surface area contributed by atoms with Crippen molar-refractivity contribution in [3.05, 3.63) is 57.1 Å². The zero-order chi connectivity index (χ0) is 11.8. The van der Waals surface area contributed by atoms with Gasteiger partial charge in [-0.1, -0.05) is 18.2 Å². The summed E-state index contributed by atoms with van der Waals surface area (Å²) in [4.78, 5) is 0. The van der Waals surface area contributed by atoms with E-state index in [1.807, 2.05) is 24.4 Å². The predicted molar refractivity (Wildman–Crippen MR) is 74.9 cm³/mol. The third kappa shape index (κ3) is 1.80. The molecule has 0 amide bonds. The Kier molecular flexibility index (Phi) is 2.74. The summed E-state index contributed by atoms with van der Waals surface area (Å²) in [5.74, 6) is 0. The number of aliphatic hydroxyl groups is 1. The smallest absolute Gasteiger partial charge is 0.107 e. The minimum atomic E-state index is -0.502. The lowest BCUT2D eigenvalue weighted by atomic mass is 10.0. The van der Waals surface area contributed by atoms with Crippen molar-refractivity contribution in [2.75, 3.05) is 0 Å². The van der Waals surface area contributed by atoms with E-state index in [1.165, 1.54) is 4.70 Å². The fourth-order valence-corrected chi connectivity index (χ4v) is 3.88. The summed E-state index contributed by atoms with van der Waals surface area (Å²) in [7, 11) is 0. The molecule has 3 aromatic rings. The standard InChI is InChI=1S/C14H12OS2/c1-9-6-16-7-11(9)14(15)12-8-17-13-5-3-2-4-10(12)13/h2-8,14-15H,1H3. The van der Waals surface area contributed by atoms with Gasteiger partial charge in [0, 0.05) is 10.3 Å². The molecule has 1 aromatic carbocycles. The van der Waals surface area contributed by atoms with Crippen LogP contribution >= 0.6 is 22.7 Å². The number of thiophene rings is 2. The molecule has 0 bridgehead atoms. The van der Waals surface area contributed by atoms with Gasteiger partial charge in [0.15, 0.2) is 0 Å². The highest BCUT2D eigenvalue weighted by Crippen LogP contribution is 2.35. The quantitative estimate of drug-likeness (QED) is 0.726. The van der Waals surface area contributed by atoms with E-state index in [1.54, 1.807) is 22.7 Å². The van der Waals surface area contributed by atoms with Crippen LogP contribution in [0.2, 0.25) is 0 Å². The molecule has 0 aliphatic rings. The highest BCUT2D eigenvalue weighted by atomic mass is 32.1. The SMILES string of the molecule is Cc1cscc1C(O)c1csc2ccccc12. The lowest BCUT2D eigenvalue weighted by Gasteiger charge is -2.09. The van der Waals surface area contributed by atoms with Crippen LogP contribution in [0.4, 0.5) is 0 Å². The number of hydrogen-bond acceptors (Lipinski definition) is 3. The average molecular weight is 260 g/mol. The van der Waals surface area contributed by atoms with Gasteiger partial charge in [-0.05, 0) is 45.6 Å². The van der Waals surface area contributed by atoms with E-state index in [4.69, 9.17) is 0 Å². The number of aryl methyl sites for hydroxylation is 1. The normalized spacial score (nSPS) is 13.1. The molecular weight excluding hydrogens is 248 g/mol. The summed E-state index contributed by atoms with van der Waals surface area (Å²) in [6.07, 6.45) is -0.502. The van der Waals surface area contributed by atoms with Crippen LogP contribution in [0, 0.1) is 6.92 Å². The van der Waals surface area contributed by atoms with Gasteiger partial charge in [-0.15, -0.1) is 11.3 Å². The van der Waals surface area contributed by atoms with E-state index in [9.17, 15) is 5.11 Å². The van der Waals surface area contributed by atoms with E-state index >= 15 is 0 Å². The molecule has 17 heavy (non-hydrogen) atoms. The van der Waals surface area contributed by atoms with Crippen LogP contribution in [-0.4, -0.2) is 5.11 Å². The Balaban J connectivity index is 2.13. The lowest BCUT2D eigenvalue weighted by Crippen LogP contribution is -1.98. The largest absolute Gasteiger partial charge is 0.384 e. The molecule has 0 fully saturated rings. The minimum Gasteiger partial charge on any atom is -0.384 e. The van der Waals surface area contributed by atoms with Crippen LogP contribution in [0.5, 0.6) is 0 Å². The Morgan fingerprint density at radius 2 is 1.88 bits per heavy atom. The maximum Gasteiger partial charge on any atom is 0.107 e. The fraction of sp³-hybridized carbons (Fsp3) is 0.143. The topological polar surface area (TPSA) is 20.2 Å². The monoisotopic (exact) mass is 260 g/mol. The molecule has 2 aromatic heterocycles. The second-order valence-corrected chi connectivity index (χ2v) is 5.75. The van der Waals surface area contributed by atoms with Crippen LogP contribution in [0.1, 0.15) is 22.8 Å². The molecule has 0 aliphatic heterocycles. The van der Waals surface area contributed by atoms with Crippen LogP contribution in [0.3, 0.4) is 0 Å². The second-order valence-electron chi connectivity index (χ2n) is 4.10. The van der Waals surface area contributed by atoms with Crippen LogP contribution in [-0.2, 0) is 0 Å². The number of hydrogen-bond donors (Lipinski definition) is 1. The molecule has 3 rings (SSSR count). The van der Waals surface area contributed by atoms with Crippen molar-refractivity contribution in [2.24, 2.45) is 0 Å². The van der Waals surface area contributed by atoms with Gasteiger partial charge in [0.25, 0.3) is 0 Å². The summed E-state index contributed by atoms with van der Waals surface area (Å²) < 4.78 is 1.23. The van der Waals surface area contributed by atoms with Crippen molar-refractivity contribution in [1.82, 2.24) is 0 Å². The van der Waals surface area contributed by atoms with Crippen molar-refractivity contribution < 1.29 is 5.11 Å². The fourth-order valence-electron chi connectivity index (χ4n) is 2.03. The number of fused-ring (bicyclic) bond motifs is 1. The third-order valence-corrected chi connectivity index (χ3v) is 4.86. The Hall–Kier alpha value is -1.16. The zero-order valence-corrected chi connectivity index (χ0v) is 11.0. The molecule has 0 radical (unpaired) electrons. The van der Waals surface area contributed by atoms with Gasteiger partial charge in [-0.3, -0.25) is 0 Å². The van der Waals surface area contributed by atoms with Crippen LogP contribution < -0.4 is 0 Å². The zero-order valence-electron chi connectivity index (χ0n) is 9.38. The first-order valence-corrected chi connectivity index (χ1v) is 7.26. The van der Waals surface area contributed by atoms with E-state index < -0.39 is 6.10 Å². The summed E-state index contributed by atoms with van der Waals surface area (Å²) in [5, 5.41) is 17.8. The molecule has 0 aliphatic carbocycles. The summed E-state index contributed by atoms with van der Waals surface area (Å²) >= 11 is 3.33. The highest BCUT2D eigenvalue weighted by Gasteiger charge is 2.17. The lowest BCUT2D eigenvalue weighted by molar-refractivity contribution is 0.222. The van der Waals surface area contributed by atoms with Crippen molar-refractivity contribution in [1.29, 1.82) is 0 Å². The van der Waals surface area contributed by atoms with Gasteiger partial charge in [-0.25, -0.2) is 0 Å². The molecule has 1 N–H and O–H groups in total. The van der Waals surface area contributed by atoms with Crippen LogP contribution in [0.15, 0.2) is 40.4 Å². The molecule has 1 atom stereocenters. The van der Waals surface area contributed by atoms with Gasteiger partial charge in [0.05, 0.1) is 0 Å². The first-order chi connectivity index (χ1) is 8.27. The minimum absolute atomic E-state index is 0.502. The van der Waals surface area contributed by atoms with Crippen molar-refractivity contribution in [3.8, 4) is 0 Å². The maximum absolute atomic E-state index is 10.5. The molecule has 0 saturated heterocycles. The number of rotatable bonds is 2. The third-order valence-electron chi connectivity index (χ3n) is 3.00. The molecular formula is C14H12OS2. The Labute approximate surface area is 108 Å². The predicted octanol–water partition coefficient (Wildman–Crippen LogP) is 4.35.